The molecule has 2 N–H and O–H groups in total. The third-order valence-corrected chi connectivity index (χ3v) is 6.25. The summed E-state index contributed by atoms with van der Waals surface area (Å²) in [5, 5.41) is 18.6. The summed E-state index contributed by atoms with van der Waals surface area (Å²) in [6, 6.07) is 5.82. The number of hydrogen-bond acceptors (Lipinski definition) is 2. The summed E-state index contributed by atoms with van der Waals surface area (Å²) in [6.45, 7) is 1.93. The first-order valence-corrected chi connectivity index (χ1v) is 10.7. The van der Waals surface area contributed by atoms with Crippen molar-refractivity contribution in [2.75, 3.05) is 0 Å². The predicted octanol–water partition coefficient (Wildman–Crippen LogP) is 6.25. The van der Waals surface area contributed by atoms with Gasteiger partial charge in [0.25, 0.3) is 0 Å². The first-order valence-electron chi connectivity index (χ1n) is 10.3. The molecule has 0 bridgehead atoms. The summed E-state index contributed by atoms with van der Waals surface area (Å²) in [5.41, 5.74) is 2.19. The second kappa shape index (κ2) is 11.4. The van der Waals surface area contributed by atoms with Crippen molar-refractivity contribution in [1.29, 1.82) is 0 Å². The zero-order valence-corrected chi connectivity index (χ0v) is 17.1. The predicted molar refractivity (Wildman–Crippen MR) is 111 cm³/mol. The van der Waals surface area contributed by atoms with Gasteiger partial charge in [0.05, 0.1) is 0 Å². The number of carbonyl (C=O) groups is 1. The van der Waals surface area contributed by atoms with Gasteiger partial charge in [0.2, 0.25) is 0 Å². The molecule has 0 amide bonds. The molecule has 0 aliphatic heterocycles. The zero-order valence-electron chi connectivity index (χ0n) is 16.4. The number of rotatable bonds is 11. The lowest BCUT2D eigenvalue weighted by Crippen LogP contribution is -2.13. The van der Waals surface area contributed by atoms with E-state index in [0.717, 1.165) is 56.9 Å². The maximum absolute atomic E-state index is 10.5. The fourth-order valence-corrected chi connectivity index (χ4v) is 4.52. The van der Waals surface area contributed by atoms with E-state index in [-0.39, 0.29) is 11.8 Å². The van der Waals surface area contributed by atoms with Crippen LogP contribution in [-0.4, -0.2) is 21.6 Å². The molecule has 1 aliphatic carbocycles. The Morgan fingerprint density at radius 2 is 2.00 bits per heavy atom. The van der Waals surface area contributed by atoms with E-state index in [4.69, 9.17) is 16.7 Å². The van der Waals surface area contributed by atoms with Crippen LogP contribution in [0, 0.1) is 18.8 Å². The quantitative estimate of drug-likeness (QED) is 0.266. The fourth-order valence-electron chi connectivity index (χ4n) is 4.09. The molecule has 3 nitrogen and oxygen atoms in total. The number of unbranched alkanes of at least 4 members (excludes halogenated alkanes) is 3. The van der Waals surface area contributed by atoms with Crippen molar-refractivity contribution >= 4 is 17.6 Å². The van der Waals surface area contributed by atoms with E-state index in [1.807, 2.05) is 13.0 Å². The highest BCUT2D eigenvalue weighted by Crippen LogP contribution is 2.40. The minimum atomic E-state index is -0.695. The molecule has 0 heterocycles. The van der Waals surface area contributed by atoms with Crippen LogP contribution in [0.15, 0.2) is 30.4 Å². The molecule has 27 heavy (non-hydrogen) atoms. The monoisotopic (exact) mass is 392 g/mol. The fraction of sp³-hybridized carbons (Fsp3) is 0.609. The molecule has 2 unspecified atom stereocenters. The number of allylic oxidation sites excluding steroid dienone is 2. The van der Waals surface area contributed by atoms with Gasteiger partial charge in [-0.1, -0.05) is 43.5 Å². The van der Waals surface area contributed by atoms with Gasteiger partial charge in [0.1, 0.15) is 5.75 Å². The van der Waals surface area contributed by atoms with Crippen molar-refractivity contribution in [3.05, 3.63) is 41.5 Å². The van der Waals surface area contributed by atoms with Crippen LogP contribution < -0.4 is 0 Å². The van der Waals surface area contributed by atoms with Crippen LogP contribution in [0.4, 0.5) is 0 Å². The van der Waals surface area contributed by atoms with Crippen molar-refractivity contribution in [2.45, 2.75) is 76.5 Å². The number of alkyl halides is 1. The van der Waals surface area contributed by atoms with Crippen molar-refractivity contribution in [3.63, 3.8) is 0 Å². The Bertz CT molecular complexity index is 626. The summed E-state index contributed by atoms with van der Waals surface area (Å²) in [4.78, 5) is 10.5. The van der Waals surface area contributed by atoms with Gasteiger partial charge in [-0.05, 0) is 74.5 Å². The van der Waals surface area contributed by atoms with Crippen molar-refractivity contribution in [3.8, 4) is 5.75 Å². The molecule has 4 heteroatoms. The molecule has 1 fully saturated rings. The highest BCUT2D eigenvalue weighted by molar-refractivity contribution is 6.21. The van der Waals surface area contributed by atoms with E-state index in [1.54, 1.807) is 6.07 Å². The van der Waals surface area contributed by atoms with Gasteiger partial charge in [-0.2, -0.15) is 0 Å². The molecule has 0 radical (unpaired) electrons. The van der Waals surface area contributed by atoms with Gasteiger partial charge in [0, 0.05) is 11.8 Å². The van der Waals surface area contributed by atoms with Gasteiger partial charge < -0.3 is 10.2 Å². The Balaban J connectivity index is 1.71. The van der Waals surface area contributed by atoms with E-state index < -0.39 is 5.97 Å². The molecule has 1 aromatic rings. The number of hydrogen-bond donors (Lipinski definition) is 2. The molecule has 1 aliphatic rings. The number of phenolic OH excluding ortho intramolecular Hbond substituents is 1. The lowest BCUT2D eigenvalue weighted by atomic mass is 9.89. The number of carboxylic acids is 1. The Morgan fingerprint density at radius 3 is 2.74 bits per heavy atom. The van der Waals surface area contributed by atoms with Crippen LogP contribution >= 0.6 is 11.6 Å². The topological polar surface area (TPSA) is 57.5 Å². The molecule has 0 spiro atoms. The number of aromatic hydroxyl groups is 1. The number of aliphatic carboxylic acids is 1. The van der Waals surface area contributed by atoms with Crippen LogP contribution in [0.2, 0.25) is 0 Å². The minimum absolute atomic E-state index is 0.276. The summed E-state index contributed by atoms with van der Waals surface area (Å²) < 4.78 is 0. The highest BCUT2D eigenvalue weighted by atomic mass is 35.5. The lowest BCUT2D eigenvalue weighted by Gasteiger charge is -2.19. The summed E-state index contributed by atoms with van der Waals surface area (Å²) >= 11 is 6.56. The van der Waals surface area contributed by atoms with E-state index in [2.05, 4.69) is 18.2 Å². The second-order valence-corrected chi connectivity index (χ2v) is 8.42. The maximum Gasteiger partial charge on any atom is 0.303 e. The third kappa shape index (κ3) is 7.57. The largest absolute Gasteiger partial charge is 0.508 e. The molecule has 1 aromatic carbocycles. The Labute approximate surface area is 168 Å². The first-order chi connectivity index (χ1) is 13.0. The van der Waals surface area contributed by atoms with Crippen molar-refractivity contribution < 1.29 is 15.0 Å². The molecule has 0 aromatic heterocycles. The molecule has 2 rings (SSSR count). The normalized spacial score (nSPS) is 22.5. The minimum Gasteiger partial charge on any atom is -0.508 e. The number of halogens is 1. The number of phenols is 1. The van der Waals surface area contributed by atoms with E-state index >= 15 is 0 Å². The van der Waals surface area contributed by atoms with Gasteiger partial charge >= 0.3 is 5.97 Å². The van der Waals surface area contributed by atoms with Gasteiger partial charge in [-0.3, -0.25) is 4.79 Å². The van der Waals surface area contributed by atoms with Gasteiger partial charge in [-0.15, -0.1) is 11.6 Å². The van der Waals surface area contributed by atoms with Crippen molar-refractivity contribution in [2.24, 2.45) is 11.8 Å². The van der Waals surface area contributed by atoms with Gasteiger partial charge in [0.15, 0.2) is 0 Å². The number of aryl methyl sites for hydroxylation is 2. The highest BCUT2D eigenvalue weighted by Gasteiger charge is 2.32. The average molecular weight is 393 g/mol. The maximum atomic E-state index is 10.5. The summed E-state index contributed by atoms with van der Waals surface area (Å²) in [6.07, 6.45) is 14.4. The van der Waals surface area contributed by atoms with Crippen molar-refractivity contribution in [1.82, 2.24) is 0 Å². The number of benzene rings is 1. The first kappa shape index (κ1) is 21.8. The van der Waals surface area contributed by atoms with Crippen LogP contribution in [-0.2, 0) is 11.2 Å². The zero-order chi connectivity index (χ0) is 19.6. The lowest BCUT2D eigenvalue weighted by molar-refractivity contribution is -0.137. The standard InChI is InChI=1S/C23H33ClO3/c1-17-16-18(12-15-22(17)25)8-6-7-9-19-13-14-21(24)20(19)10-4-2-3-5-11-23(26)27/h7,9,12,15-16,19-21,25H,2-6,8,10-11,13-14H2,1H3,(H,26,27)/b9-7+/t19?,20-,21?/m1/s1. The van der Waals surface area contributed by atoms with Crippen LogP contribution in [0.3, 0.4) is 0 Å². The second-order valence-electron chi connectivity index (χ2n) is 7.86. The summed E-state index contributed by atoms with van der Waals surface area (Å²) in [5.74, 6) is 0.796. The van der Waals surface area contributed by atoms with E-state index in [1.165, 1.54) is 12.0 Å². The average Bonchev–Trinajstić information content (AvgIpc) is 2.97. The Morgan fingerprint density at radius 1 is 1.22 bits per heavy atom. The van der Waals surface area contributed by atoms with Crippen LogP contribution in [0.5, 0.6) is 5.75 Å². The van der Waals surface area contributed by atoms with Gasteiger partial charge in [-0.25, -0.2) is 0 Å². The Kier molecular flexibility index (Phi) is 9.20. The van der Waals surface area contributed by atoms with E-state index in [9.17, 15) is 9.90 Å². The van der Waals surface area contributed by atoms with E-state index in [0.29, 0.717) is 17.6 Å². The van der Waals surface area contributed by atoms with Crippen LogP contribution in [0.25, 0.3) is 0 Å². The Hall–Kier alpha value is -1.48. The molecule has 0 saturated heterocycles. The molecular formula is C23H33ClO3. The molecular weight excluding hydrogens is 360 g/mol. The SMILES string of the molecule is Cc1cc(CC/C=C/C2CCC(Cl)[C@@H]2CCCCCCC(=O)O)ccc1O. The molecule has 1 saturated carbocycles. The molecule has 3 atom stereocenters. The summed E-state index contributed by atoms with van der Waals surface area (Å²) in [7, 11) is 0. The molecule has 150 valence electrons. The number of carboxylic acid groups (broad SMARTS) is 1. The van der Waals surface area contributed by atoms with Crippen LogP contribution in [0.1, 0.15) is 68.9 Å². The smallest absolute Gasteiger partial charge is 0.303 e. The third-order valence-electron chi connectivity index (χ3n) is 5.71.